The number of anilines is 1. The molecule has 4 aromatic rings. The van der Waals surface area contributed by atoms with Gasteiger partial charge in [0.1, 0.15) is 36.2 Å². The predicted molar refractivity (Wildman–Crippen MR) is 146 cm³/mol. The van der Waals surface area contributed by atoms with Crippen LogP contribution in [0.1, 0.15) is 19.8 Å². The fourth-order valence-electron chi connectivity index (χ4n) is 5.23. The van der Waals surface area contributed by atoms with Gasteiger partial charge in [0.25, 0.3) is 0 Å². The van der Waals surface area contributed by atoms with Gasteiger partial charge < -0.3 is 34.0 Å². The van der Waals surface area contributed by atoms with E-state index in [0.717, 1.165) is 42.4 Å². The lowest BCUT2D eigenvalue weighted by Gasteiger charge is -2.34. The van der Waals surface area contributed by atoms with E-state index in [-0.39, 0.29) is 30.3 Å². The summed E-state index contributed by atoms with van der Waals surface area (Å²) in [5, 5.41) is 13.0. The van der Waals surface area contributed by atoms with Crippen LogP contribution in [-0.2, 0) is 6.54 Å². The van der Waals surface area contributed by atoms with Crippen molar-refractivity contribution in [3.63, 3.8) is 0 Å². The number of halogens is 3. The van der Waals surface area contributed by atoms with Gasteiger partial charge in [0.15, 0.2) is 5.60 Å². The summed E-state index contributed by atoms with van der Waals surface area (Å²) in [6.07, 6.45) is -1.84. The lowest BCUT2D eigenvalue weighted by molar-refractivity contribution is -0.389. The SMILES string of the molecule is CC1(COc2ccc3cc(N4CCC(Oc5ccc(OC(F)(F)F)cc5)CC4)ccc3c2)Cn2cc([N+](=O)[O-])nc2O1. The monoisotopic (exact) mass is 584 g/mol. The van der Waals surface area contributed by atoms with Crippen LogP contribution in [0.4, 0.5) is 24.7 Å². The number of nitro groups is 1. The summed E-state index contributed by atoms with van der Waals surface area (Å²) in [5.74, 6) is 0.675. The van der Waals surface area contributed by atoms with E-state index in [2.05, 4.69) is 26.8 Å². The van der Waals surface area contributed by atoms with Crippen molar-refractivity contribution in [3.05, 3.63) is 77.0 Å². The number of benzene rings is 3. The van der Waals surface area contributed by atoms with Gasteiger partial charge in [-0.15, -0.1) is 13.2 Å². The van der Waals surface area contributed by atoms with E-state index in [1.165, 1.54) is 30.5 Å². The molecular formula is C29H27F3N4O6. The van der Waals surface area contributed by atoms with E-state index in [0.29, 0.717) is 18.0 Å². The first-order valence-corrected chi connectivity index (χ1v) is 13.4. The van der Waals surface area contributed by atoms with Crippen molar-refractivity contribution in [2.45, 2.75) is 44.4 Å². The molecule has 1 fully saturated rings. The molecule has 10 nitrogen and oxygen atoms in total. The minimum absolute atomic E-state index is 0.0314. The molecule has 2 aliphatic rings. The zero-order chi connectivity index (χ0) is 29.5. The second kappa shape index (κ2) is 10.6. The number of hydrogen-bond donors (Lipinski definition) is 0. The largest absolute Gasteiger partial charge is 0.573 e. The van der Waals surface area contributed by atoms with Crippen molar-refractivity contribution < 1.29 is 37.0 Å². The van der Waals surface area contributed by atoms with Crippen LogP contribution in [0.15, 0.2) is 66.9 Å². The topological polar surface area (TPSA) is 101 Å². The Balaban J connectivity index is 1.01. The van der Waals surface area contributed by atoms with Crippen molar-refractivity contribution in [3.8, 4) is 23.3 Å². The van der Waals surface area contributed by atoms with Gasteiger partial charge in [0, 0.05) is 36.6 Å². The Hall–Kier alpha value is -4.68. The highest BCUT2D eigenvalue weighted by atomic mass is 19.4. The maximum atomic E-state index is 12.4. The highest BCUT2D eigenvalue weighted by Crippen LogP contribution is 2.33. The van der Waals surface area contributed by atoms with Crippen LogP contribution in [0.3, 0.4) is 0 Å². The maximum Gasteiger partial charge on any atom is 0.573 e. The Morgan fingerprint density at radius 2 is 1.69 bits per heavy atom. The van der Waals surface area contributed by atoms with Crippen molar-refractivity contribution in [1.29, 1.82) is 0 Å². The van der Waals surface area contributed by atoms with Gasteiger partial charge in [-0.2, -0.15) is 0 Å². The average Bonchev–Trinajstić information content (AvgIpc) is 3.48. The lowest BCUT2D eigenvalue weighted by Crippen LogP contribution is -2.38. The molecular weight excluding hydrogens is 557 g/mol. The molecule has 0 N–H and O–H groups in total. The van der Waals surface area contributed by atoms with Gasteiger partial charge in [0.05, 0.1) is 6.54 Å². The van der Waals surface area contributed by atoms with Gasteiger partial charge in [0.2, 0.25) is 0 Å². The van der Waals surface area contributed by atoms with Gasteiger partial charge in [-0.3, -0.25) is 4.57 Å². The average molecular weight is 585 g/mol. The van der Waals surface area contributed by atoms with E-state index in [9.17, 15) is 23.3 Å². The number of ether oxygens (including phenoxy) is 4. The molecule has 0 amide bonds. The first kappa shape index (κ1) is 27.5. The summed E-state index contributed by atoms with van der Waals surface area (Å²) in [6, 6.07) is 17.8. The first-order valence-electron chi connectivity index (χ1n) is 13.4. The van der Waals surface area contributed by atoms with Crippen LogP contribution >= 0.6 is 0 Å². The molecule has 1 unspecified atom stereocenters. The number of piperidine rings is 1. The van der Waals surface area contributed by atoms with E-state index in [4.69, 9.17) is 14.2 Å². The molecule has 220 valence electrons. The zero-order valence-corrected chi connectivity index (χ0v) is 22.5. The molecule has 0 radical (unpaired) electrons. The molecule has 13 heteroatoms. The molecule has 6 rings (SSSR count). The summed E-state index contributed by atoms with van der Waals surface area (Å²) >= 11 is 0. The van der Waals surface area contributed by atoms with Gasteiger partial charge in [-0.1, -0.05) is 12.1 Å². The summed E-state index contributed by atoms with van der Waals surface area (Å²) in [7, 11) is 0. The minimum atomic E-state index is -4.72. The Labute approximate surface area is 238 Å². The van der Waals surface area contributed by atoms with Gasteiger partial charge in [-0.25, -0.2) is 0 Å². The highest BCUT2D eigenvalue weighted by molar-refractivity contribution is 5.87. The van der Waals surface area contributed by atoms with E-state index in [1.807, 2.05) is 31.2 Å². The molecule has 3 heterocycles. The normalized spacial score (nSPS) is 18.9. The third-order valence-corrected chi connectivity index (χ3v) is 7.26. The molecule has 1 saturated heterocycles. The van der Waals surface area contributed by atoms with Gasteiger partial charge >= 0.3 is 18.2 Å². The smallest absolute Gasteiger partial charge is 0.490 e. The fraction of sp³-hybridized carbons (Fsp3) is 0.345. The number of nitrogens with zero attached hydrogens (tertiary/aromatic N) is 4. The minimum Gasteiger partial charge on any atom is -0.490 e. The molecule has 0 bridgehead atoms. The van der Waals surface area contributed by atoms with Crippen LogP contribution in [-0.4, -0.2) is 52.2 Å². The van der Waals surface area contributed by atoms with Crippen LogP contribution < -0.4 is 23.8 Å². The maximum absolute atomic E-state index is 12.4. The molecule has 3 aromatic carbocycles. The summed E-state index contributed by atoms with van der Waals surface area (Å²) in [6.45, 7) is 4.08. The van der Waals surface area contributed by atoms with Crippen molar-refractivity contribution in [2.75, 3.05) is 24.6 Å². The quantitative estimate of drug-likeness (QED) is 0.180. The standard InChI is InChI=1S/C29H27F3N4O6/c1-28(17-35-16-26(36(37)38)33-27(35)42-28)18-39-25-5-3-19-14-21(4-2-20(19)15-25)34-12-10-23(11-13-34)40-22-6-8-24(9-7-22)41-29(30,31)32/h2-9,14-16,23H,10-13,17-18H2,1H3. The van der Waals surface area contributed by atoms with Crippen LogP contribution in [0, 0.1) is 10.1 Å². The highest BCUT2D eigenvalue weighted by Gasteiger charge is 2.41. The number of rotatable bonds is 8. The zero-order valence-electron chi connectivity index (χ0n) is 22.5. The second-order valence-corrected chi connectivity index (χ2v) is 10.6. The summed E-state index contributed by atoms with van der Waals surface area (Å²) < 4.78 is 60.5. The predicted octanol–water partition coefficient (Wildman–Crippen LogP) is 6.12. The number of fused-ring (bicyclic) bond motifs is 2. The summed E-state index contributed by atoms with van der Waals surface area (Å²) in [5.41, 5.74) is 0.399. The Morgan fingerprint density at radius 3 is 2.38 bits per heavy atom. The Bertz CT molecular complexity index is 1580. The van der Waals surface area contributed by atoms with E-state index in [1.54, 1.807) is 4.57 Å². The number of alkyl halides is 3. The van der Waals surface area contributed by atoms with Gasteiger partial charge in [-0.05, 0) is 71.2 Å². The van der Waals surface area contributed by atoms with E-state index >= 15 is 0 Å². The third kappa shape index (κ3) is 6.14. The Kier molecular flexibility index (Phi) is 6.95. The first-order chi connectivity index (χ1) is 20.0. The molecule has 0 spiro atoms. The summed E-state index contributed by atoms with van der Waals surface area (Å²) in [4.78, 5) is 16.6. The molecule has 2 aliphatic heterocycles. The molecule has 1 aromatic heterocycles. The molecule has 42 heavy (non-hydrogen) atoms. The third-order valence-electron chi connectivity index (χ3n) is 7.26. The number of imidazole rings is 1. The van der Waals surface area contributed by atoms with Crippen molar-refractivity contribution in [1.82, 2.24) is 9.55 Å². The van der Waals surface area contributed by atoms with Crippen molar-refractivity contribution in [2.24, 2.45) is 0 Å². The van der Waals surface area contributed by atoms with Crippen molar-refractivity contribution >= 4 is 22.3 Å². The lowest BCUT2D eigenvalue weighted by atomic mass is 10.0. The number of aromatic nitrogens is 2. The molecule has 0 saturated carbocycles. The van der Waals surface area contributed by atoms with Crippen LogP contribution in [0.2, 0.25) is 0 Å². The second-order valence-electron chi connectivity index (χ2n) is 10.6. The molecule has 1 atom stereocenters. The van der Waals surface area contributed by atoms with Crippen LogP contribution in [0.5, 0.6) is 23.3 Å². The van der Waals surface area contributed by atoms with Crippen LogP contribution in [0.25, 0.3) is 10.8 Å². The number of hydrogen-bond acceptors (Lipinski definition) is 8. The fourth-order valence-corrected chi connectivity index (χ4v) is 5.23. The molecule has 0 aliphatic carbocycles. The van der Waals surface area contributed by atoms with E-state index < -0.39 is 16.9 Å². The Morgan fingerprint density at radius 1 is 1.02 bits per heavy atom.